The molecular weight excluding hydrogens is 257 g/mol. The van der Waals surface area contributed by atoms with Crippen LogP contribution in [0.3, 0.4) is 0 Å². The molecule has 104 valence electrons. The summed E-state index contributed by atoms with van der Waals surface area (Å²) in [6, 6.07) is 0. The molecule has 0 bridgehead atoms. The van der Waals surface area contributed by atoms with E-state index in [0.29, 0.717) is 12.8 Å². The van der Waals surface area contributed by atoms with Crippen molar-refractivity contribution in [2.45, 2.75) is 57.4 Å². The van der Waals surface area contributed by atoms with Gasteiger partial charge in [-0.1, -0.05) is 26.2 Å². The van der Waals surface area contributed by atoms with Crippen LogP contribution in [0.25, 0.3) is 0 Å². The highest BCUT2D eigenvalue weighted by Crippen LogP contribution is 2.42. The molecule has 0 aliphatic heterocycles. The van der Waals surface area contributed by atoms with Gasteiger partial charge in [-0.25, -0.2) is 9.13 Å². The summed E-state index contributed by atoms with van der Waals surface area (Å²) in [6.07, 6.45) is -11.6. The molecule has 0 rings (SSSR count). The first-order valence-corrected chi connectivity index (χ1v) is 5.04. The zero-order valence-corrected chi connectivity index (χ0v) is 9.09. The van der Waals surface area contributed by atoms with E-state index < -0.39 is 24.8 Å². The van der Waals surface area contributed by atoms with E-state index in [2.05, 4.69) is 4.74 Å². The second-order valence-corrected chi connectivity index (χ2v) is 3.58. The molecule has 0 spiro atoms. The Morgan fingerprint density at radius 2 is 1.35 bits per heavy atom. The zero-order valence-electron chi connectivity index (χ0n) is 9.09. The molecule has 0 fully saturated rings. The number of hydrogen-bond acceptors (Lipinski definition) is 1. The number of ether oxygens (including phenoxy) is 1. The van der Waals surface area contributed by atoms with Gasteiger partial charge in [0.1, 0.15) is 0 Å². The molecule has 1 atom stereocenters. The third-order valence-electron chi connectivity index (χ3n) is 2.05. The molecule has 0 aliphatic rings. The predicted octanol–water partition coefficient (Wildman–Crippen LogP) is 4.72. The highest BCUT2D eigenvalue weighted by atomic mass is 19.4. The molecular formula is C9H13F7O. The van der Waals surface area contributed by atoms with E-state index >= 15 is 0 Å². The fraction of sp³-hybridized carbons (Fsp3) is 1.00. The SMILES string of the molecule is CCCCCCC(F)(OC(F)(F)F)C(F)(F)F. The first-order valence-electron chi connectivity index (χ1n) is 5.04. The second-order valence-electron chi connectivity index (χ2n) is 3.58. The predicted molar refractivity (Wildman–Crippen MR) is 45.8 cm³/mol. The van der Waals surface area contributed by atoms with Crippen LogP contribution in [0.15, 0.2) is 0 Å². The van der Waals surface area contributed by atoms with Crippen LogP contribution in [-0.4, -0.2) is 18.4 Å². The first-order chi connectivity index (χ1) is 7.52. The van der Waals surface area contributed by atoms with Gasteiger partial charge in [0.05, 0.1) is 0 Å². The van der Waals surface area contributed by atoms with Crippen molar-refractivity contribution in [3.05, 3.63) is 0 Å². The van der Waals surface area contributed by atoms with E-state index in [4.69, 9.17) is 0 Å². The van der Waals surface area contributed by atoms with Crippen LogP contribution in [0, 0.1) is 0 Å². The van der Waals surface area contributed by atoms with Gasteiger partial charge in [0.25, 0.3) is 0 Å². The molecule has 0 heterocycles. The minimum absolute atomic E-state index is 0.222. The van der Waals surface area contributed by atoms with Gasteiger partial charge in [-0.15, -0.1) is 13.2 Å². The molecule has 0 saturated carbocycles. The number of alkyl halides is 7. The maximum absolute atomic E-state index is 13.2. The summed E-state index contributed by atoms with van der Waals surface area (Å²) in [7, 11) is 0. The summed E-state index contributed by atoms with van der Waals surface area (Å²) in [5, 5.41) is 0. The normalized spacial score (nSPS) is 16.9. The Balaban J connectivity index is 4.53. The van der Waals surface area contributed by atoms with E-state index in [0.717, 1.165) is 0 Å². The van der Waals surface area contributed by atoms with E-state index in [-0.39, 0.29) is 12.8 Å². The number of rotatable bonds is 6. The lowest BCUT2D eigenvalue weighted by atomic mass is 10.1. The quantitative estimate of drug-likeness (QED) is 0.501. The van der Waals surface area contributed by atoms with Gasteiger partial charge in [-0.05, 0) is 6.42 Å². The van der Waals surface area contributed by atoms with E-state index in [1.54, 1.807) is 6.92 Å². The lowest BCUT2D eigenvalue weighted by molar-refractivity contribution is -0.449. The topological polar surface area (TPSA) is 9.23 Å². The molecule has 1 nitrogen and oxygen atoms in total. The maximum atomic E-state index is 13.2. The summed E-state index contributed by atoms with van der Waals surface area (Å²) in [4.78, 5) is 0. The Morgan fingerprint density at radius 1 is 0.824 bits per heavy atom. The van der Waals surface area contributed by atoms with Crippen LogP contribution in [0.2, 0.25) is 0 Å². The third-order valence-corrected chi connectivity index (χ3v) is 2.05. The largest absolute Gasteiger partial charge is 0.525 e. The molecule has 0 aromatic rings. The van der Waals surface area contributed by atoms with Gasteiger partial charge in [0.2, 0.25) is 0 Å². The summed E-state index contributed by atoms with van der Waals surface area (Å²) >= 11 is 0. The Morgan fingerprint density at radius 3 is 1.71 bits per heavy atom. The number of unbranched alkanes of at least 4 members (excludes halogenated alkanes) is 3. The molecule has 8 heteroatoms. The van der Waals surface area contributed by atoms with Crippen LogP contribution in [0.5, 0.6) is 0 Å². The molecule has 0 radical (unpaired) electrons. The zero-order chi connectivity index (χ0) is 13.7. The van der Waals surface area contributed by atoms with E-state index in [1.165, 1.54) is 0 Å². The van der Waals surface area contributed by atoms with Crippen molar-refractivity contribution in [2.24, 2.45) is 0 Å². The average molecular weight is 270 g/mol. The van der Waals surface area contributed by atoms with Gasteiger partial charge in [0.15, 0.2) is 0 Å². The third kappa shape index (κ3) is 6.09. The van der Waals surface area contributed by atoms with Crippen molar-refractivity contribution >= 4 is 0 Å². The minimum Gasteiger partial charge on any atom is -0.245 e. The fourth-order valence-electron chi connectivity index (χ4n) is 1.21. The van der Waals surface area contributed by atoms with Crippen LogP contribution < -0.4 is 0 Å². The highest BCUT2D eigenvalue weighted by Gasteiger charge is 2.61. The van der Waals surface area contributed by atoms with Crippen molar-refractivity contribution in [1.29, 1.82) is 0 Å². The van der Waals surface area contributed by atoms with E-state index in [1.807, 2.05) is 0 Å². The van der Waals surface area contributed by atoms with Gasteiger partial charge >= 0.3 is 18.4 Å². The van der Waals surface area contributed by atoms with Crippen molar-refractivity contribution < 1.29 is 35.5 Å². The lowest BCUT2D eigenvalue weighted by Crippen LogP contribution is -2.47. The van der Waals surface area contributed by atoms with Crippen LogP contribution in [-0.2, 0) is 4.74 Å². The molecule has 0 N–H and O–H groups in total. The standard InChI is InChI=1S/C9H13F7O/c1-2-3-4-5-6-7(10,8(11,12)13)17-9(14,15)16/h2-6H2,1H3. The Bertz CT molecular complexity index is 222. The molecule has 0 amide bonds. The van der Waals surface area contributed by atoms with Crippen molar-refractivity contribution in [2.75, 3.05) is 0 Å². The number of hydrogen-bond donors (Lipinski definition) is 0. The number of halogens is 7. The van der Waals surface area contributed by atoms with Gasteiger partial charge in [-0.3, -0.25) is 0 Å². The van der Waals surface area contributed by atoms with Gasteiger partial charge in [0, 0.05) is 6.42 Å². The van der Waals surface area contributed by atoms with Crippen molar-refractivity contribution in [3.8, 4) is 0 Å². The molecule has 17 heavy (non-hydrogen) atoms. The summed E-state index contributed by atoms with van der Waals surface area (Å²) in [5.41, 5.74) is 0. The van der Waals surface area contributed by atoms with Crippen molar-refractivity contribution in [1.82, 2.24) is 0 Å². The van der Waals surface area contributed by atoms with Gasteiger partial charge in [-0.2, -0.15) is 13.2 Å². The Kier molecular flexibility index (Phi) is 5.70. The molecule has 0 aromatic carbocycles. The minimum atomic E-state index is -5.70. The fourth-order valence-corrected chi connectivity index (χ4v) is 1.21. The maximum Gasteiger partial charge on any atom is 0.525 e. The van der Waals surface area contributed by atoms with E-state index in [9.17, 15) is 30.7 Å². The van der Waals surface area contributed by atoms with Crippen LogP contribution in [0.4, 0.5) is 30.7 Å². The molecule has 0 aliphatic carbocycles. The molecule has 0 saturated heterocycles. The summed E-state index contributed by atoms with van der Waals surface area (Å²) < 4.78 is 87.2. The molecule has 0 aromatic heterocycles. The monoisotopic (exact) mass is 270 g/mol. The Hall–Kier alpha value is -0.530. The van der Waals surface area contributed by atoms with Crippen LogP contribution in [0.1, 0.15) is 39.0 Å². The molecule has 1 unspecified atom stereocenters. The van der Waals surface area contributed by atoms with Crippen LogP contribution >= 0.6 is 0 Å². The Labute approximate surface area is 93.9 Å². The highest BCUT2D eigenvalue weighted by molar-refractivity contribution is 4.78. The average Bonchev–Trinajstić information content (AvgIpc) is 2.08. The van der Waals surface area contributed by atoms with Gasteiger partial charge < -0.3 is 0 Å². The first kappa shape index (κ1) is 16.5. The smallest absolute Gasteiger partial charge is 0.245 e. The summed E-state index contributed by atoms with van der Waals surface area (Å²) in [6.45, 7) is 1.76. The summed E-state index contributed by atoms with van der Waals surface area (Å²) in [5.74, 6) is -4.65. The second kappa shape index (κ2) is 5.88. The lowest BCUT2D eigenvalue weighted by Gasteiger charge is -2.28. The van der Waals surface area contributed by atoms with Crippen molar-refractivity contribution in [3.63, 3.8) is 0 Å².